The van der Waals surface area contributed by atoms with E-state index in [-0.39, 0.29) is 24.2 Å². The van der Waals surface area contributed by atoms with Crippen molar-refractivity contribution in [1.82, 2.24) is 14.5 Å². The number of anilines is 1. The van der Waals surface area contributed by atoms with Crippen molar-refractivity contribution in [3.05, 3.63) is 59.2 Å². The van der Waals surface area contributed by atoms with Gasteiger partial charge in [-0.1, -0.05) is 23.8 Å². The van der Waals surface area contributed by atoms with E-state index in [1.54, 1.807) is 17.0 Å². The molecule has 0 aromatic heterocycles. The lowest BCUT2D eigenvalue weighted by Crippen LogP contribution is -2.50. The predicted octanol–water partition coefficient (Wildman–Crippen LogP) is 2.09. The van der Waals surface area contributed by atoms with E-state index in [9.17, 15) is 18.0 Å². The van der Waals surface area contributed by atoms with Crippen molar-refractivity contribution < 1.29 is 18.0 Å². The Bertz CT molecular complexity index is 1190. The molecule has 4 rings (SSSR count). The monoisotopic (exact) mass is 498 g/mol. The Balaban J connectivity index is 1.22. The van der Waals surface area contributed by atoms with Gasteiger partial charge in [0.05, 0.1) is 10.8 Å². The van der Waals surface area contributed by atoms with Gasteiger partial charge in [-0.2, -0.15) is 4.31 Å². The third kappa shape index (κ3) is 5.74. The summed E-state index contributed by atoms with van der Waals surface area (Å²) in [7, 11) is -3.49. The summed E-state index contributed by atoms with van der Waals surface area (Å²) in [6, 6.07) is 12.8. The molecule has 0 spiro atoms. The molecule has 1 unspecified atom stereocenters. The zero-order chi connectivity index (χ0) is 25.2. The van der Waals surface area contributed by atoms with Crippen molar-refractivity contribution in [3.8, 4) is 0 Å². The van der Waals surface area contributed by atoms with Crippen LogP contribution in [0.3, 0.4) is 0 Å². The molecule has 2 aliphatic rings. The Labute approximate surface area is 207 Å². The maximum absolute atomic E-state index is 12.9. The smallest absolute Gasteiger partial charge is 0.243 e. The minimum absolute atomic E-state index is 0.0284. The predicted molar refractivity (Wildman–Crippen MR) is 136 cm³/mol. The summed E-state index contributed by atoms with van der Waals surface area (Å²) < 4.78 is 27.3. The summed E-state index contributed by atoms with van der Waals surface area (Å²) in [6.45, 7) is 9.56. The second kappa shape index (κ2) is 10.5. The van der Waals surface area contributed by atoms with Gasteiger partial charge in [0.25, 0.3) is 0 Å². The number of piperazine rings is 1. The lowest BCUT2D eigenvalue weighted by molar-refractivity contribution is -0.126. The first-order chi connectivity index (χ1) is 16.6. The number of nitrogens with one attached hydrogen (secondary N) is 1. The van der Waals surface area contributed by atoms with E-state index in [1.165, 1.54) is 9.87 Å². The Morgan fingerprint density at radius 3 is 2.31 bits per heavy atom. The molecule has 1 atom stereocenters. The number of nitrogens with zero attached hydrogens (tertiary/aromatic N) is 3. The molecule has 2 aliphatic heterocycles. The zero-order valence-corrected chi connectivity index (χ0v) is 21.5. The maximum Gasteiger partial charge on any atom is 0.243 e. The van der Waals surface area contributed by atoms with Crippen LogP contribution in [0.15, 0.2) is 47.4 Å². The summed E-state index contributed by atoms with van der Waals surface area (Å²) in [5.74, 6) is -0.495. The molecule has 2 heterocycles. The average molecular weight is 499 g/mol. The van der Waals surface area contributed by atoms with Crippen molar-refractivity contribution >= 4 is 27.5 Å². The molecule has 2 aromatic carbocycles. The van der Waals surface area contributed by atoms with E-state index in [0.717, 1.165) is 16.8 Å². The van der Waals surface area contributed by atoms with Crippen LogP contribution in [0.2, 0.25) is 0 Å². The van der Waals surface area contributed by atoms with E-state index in [1.807, 2.05) is 51.1 Å². The van der Waals surface area contributed by atoms with Crippen molar-refractivity contribution in [3.63, 3.8) is 0 Å². The summed E-state index contributed by atoms with van der Waals surface area (Å²) in [4.78, 5) is 29.4. The van der Waals surface area contributed by atoms with E-state index in [2.05, 4.69) is 10.2 Å². The van der Waals surface area contributed by atoms with Crippen molar-refractivity contribution in [2.45, 2.75) is 32.1 Å². The molecular weight excluding hydrogens is 464 g/mol. The van der Waals surface area contributed by atoms with Crippen LogP contribution in [0.25, 0.3) is 0 Å². The van der Waals surface area contributed by atoms with Crippen LogP contribution in [0.4, 0.5) is 5.69 Å². The molecule has 0 radical (unpaired) electrons. The molecule has 2 amide bonds. The minimum atomic E-state index is -3.49. The van der Waals surface area contributed by atoms with Crippen LogP contribution in [-0.4, -0.2) is 75.3 Å². The topological polar surface area (TPSA) is 90.0 Å². The van der Waals surface area contributed by atoms with Gasteiger partial charge < -0.3 is 10.2 Å². The number of amides is 2. The Hall–Kier alpha value is -2.75. The third-order valence-corrected chi connectivity index (χ3v) is 8.93. The molecule has 2 fully saturated rings. The van der Waals surface area contributed by atoms with Gasteiger partial charge in [0, 0.05) is 57.9 Å². The van der Waals surface area contributed by atoms with Crippen LogP contribution in [0.5, 0.6) is 0 Å². The number of carbonyl (C=O) groups excluding carboxylic acids is 2. The summed E-state index contributed by atoms with van der Waals surface area (Å²) in [6.07, 6.45) is 0.217. The van der Waals surface area contributed by atoms with Gasteiger partial charge in [0.1, 0.15) is 0 Å². The van der Waals surface area contributed by atoms with E-state index in [0.29, 0.717) is 50.7 Å². The third-order valence-electron chi connectivity index (χ3n) is 7.02. The van der Waals surface area contributed by atoms with Crippen LogP contribution < -0.4 is 10.2 Å². The van der Waals surface area contributed by atoms with E-state index in [4.69, 9.17) is 0 Å². The number of sulfonamides is 1. The molecule has 9 heteroatoms. The van der Waals surface area contributed by atoms with Gasteiger partial charge >= 0.3 is 0 Å². The van der Waals surface area contributed by atoms with Gasteiger partial charge in [-0.15, -0.1) is 0 Å². The highest BCUT2D eigenvalue weighted by Gasteiger charge is 2.35. The molecule has 2 aromatic rings. The number of benzene rings is 2. The number of aryl methyl sites for hydroxylation is 3. The van der Waals surface area contributed by atoms with Crippen molar-refractivity contribution in [2.24, 2.45) is 5.92 Å². The fraction of sp³-hybridized carbons (Fsp3) is 0.462. The maximum atomic E-state index is 12.9. The second-order valence-electron chi connectivity index (χ2n) is 9.52. The zero-order valence-electron chi connectivity index (χ0n) is 20.7. The van der Waals surface area contributed by atoms with Crippen LogP contribution in [0.1, 0.15) is 23.1 Å². The van der Waals surface area contributed by atoms with Crippen molar-refractivity contribution in [2.75, 3.05) is 50.7 Å². The molecule has 0 aliphatic carbocycles. The van der Waals surface area contributed by atoms with Crippen LogP contribution in [0, 0.1) is 26.7 Å². The number of hydrogen-bond acceptors (Lipinski definition) is 5. The summed E-state index contributed by atoms with van der Waals surface area (Å²) in [5, 5.41) is 2.97. The summed E-state index contributed by atoms with van der Waals surface area (Å²) in [5.41, 5.74) is 4.15. The SMILES string of the molecule is Cc1ccc(S(=O)(=O)N2CCN(CCNC(=O)C3CC(=O)N(c4ccc(C)c(C)c4)C3)CC2)cc1. The first-order valence-corrected chi connectivity index (χ1v) is 13.5. The van der Waals surface area contributed by atoms with Gasteiger partial charge in [0.2, 0.25) is 21.8 Å². The number of carbonyl (C=O) groups is 2. The lowest BCUT2D eigenvalue weighted by Gasteiger charge is -2.34. The van der Waals surface area contributed by atoms with E-state index >= 15 is 0 Å². The Morgan fingerprint density at radius 1 is 0.971 bits per heavy atom. The van der Waals surface area contributed by atoms with Gasteiger partial charge in [0.15, 0.2) is 0 Å². The van der Waals surface area contributed by atoms with Crippen molar-refractivity contribution in [1.29, 1.82) is 0 Å². The molecule has 2 saturated heterocycles. The standard InChI is InChI=1S/C26H34N4O4S/c1-19-4-8-24(9-5-19)35(33,34)29-14-12-28(13-15-29)11-10-27-26(32)22-17-25(31)30(18-22)23-7-6-20(2)21(3)16-23/h4-9,16,22H,10-15,17-18H2,1-3H3,(H,27,32). The molecule has 0 saturated carbocycles. The molecule has 35 heavy (non-hydrogen) atoms. The Kier molecular flexibility index (Phi) is 7.59. The number of hydrogen-bond donors (Lipinski definition) is 1. The highest BCUT2D eigenvalue weighted by Crippen LogP contribution is 2.27. The van der Waals surface area contributed by atoms with Gasteiger partial charge in [-0.25, -0.2) is 8.42 Å². The second-order valence-corrected chi connectivity index (χ2v) is 11.5. The molecule has 188 valence electrons. The quantitative estimate of drug-likeness (QED) is 0.631. The van der Waals surface area contributed by atoms with Gasteiger partial charge in [-0.05, 0) is 56.2 Å². The van der Waals surface area contributed by atoms with Crippen LogP contribution >= 0.6 is 0 Å². The largest absolute Gasteiger partial charge is 0.355 e. The molecule has 0 bridgehead atoms. The molecule has 8 nitrogen and oxygen atoms in total. The minimum Gasteiger partial charge on any atom is -0.355 e. The first-order valence-electron chi connectivity index (χ1n) is 12.1. The molecule has 1 N–H and O–H groups in total. The highest BCUT2D eigenvalue weighted by molar-refractivity contribution is 7.89. The Morgan fingerprint density at radius 2 is 1.66 bits per heavy atom. The van der Waals surface area contributed by atoms with E-state index < -0.39 is 10.0 Å². The van der Waals surface area contributed by atoms with Gasteiger partial charge in [-0.3, -0.25) is 14.5 Å². The molecular formula is C26H34N4O4S. The first kappa shape index (κ1) is 25.3. The normalized spacial score (nSPS) is 19.8. The average Bonchev–Trinajstić information content (AvgIpc) is 3.23. The lowest BCUT2D eigenvalue weighted by atomic mass is 10.1. The summed E-state index contributed by atoms with van der Waals surface area (Å²) >= 11 is 0. The fourth-order valence-corrected chi connectivity index (χ4v) is 5.98. The van der Waals surface area contributed by atoms with Crippen LogP contribution in [-0.2, 0) is 19.6 Å². The highest BCUT2D eigenvalue weighted by atomic mass is 32.2. The fourth-order valence-electron chi connectivity index (χ4n) is 4.56. The number of rotatable bonds is 7.